The minimum atomic E-state index is -0.550. The van der Waals surface area contributed by atoms with Crippen molar-refractivity contribution in [3.8, 4) is 0 Å². The van der Waals surface area contributed by atoms with E-state index in [0.717, 1.165) is 0 Å². The molecule has 5 nitrogen and oxygen atoms in total. The van der Waals surface area contributed by atoms with Crippen LogP contribution in [0, 0.1) is 15.5 Å². The standard InChI is InChI=1S/C11H13ClN2O3/c1-11(2,3)10(15)13-9-5-4-7(14(16)17)6-8(9)12/h4-6H,1-3H3,(H,13,15). The van der Waals surface area contributed by atoms with E-state index in [4.69, 9.17) is 11.6 Å². The molecule has 17 heavy (non-hydrogen) atoms. The van der Waals surface area contributed by atoms with Gasteiger partial charge < -0.3 is 5.32 Å². The Morgan fingerprint density at radius 1 is 1.41 bits per heavy atom. The van der Waals surface area contributed by atoms with Gasteiger partial charge in [-0.3, -0.25) is 14.9 Å². The Morgan fingerprint density at radius 3 is 2.41 bits per heavy atom. The molecule has 0 spiro atoms. The monoisotopic (exact) mass is 256 g/mol. The Morgan fingerprint density at radius 2 is 2.00 bits per heavy atom. The highest BCUT2D eigenvalue weighted by Crippen LogP contribution is 2.28. The highest BCUT2D eigenvalue weighted by molar-refractivity contribution is 6.34. The summed E-state index contributed by atoms with van der Waals surface area (Å²) in [7, 11) is 0. The molecule has 0 saturated carbocycles. The summed E-state index contributed by atoms with van der Waals surface area (Å²) in [6.07, 6.45) is 0. The van der Waals surface area contributed by atoms with Crippen LogP contribution < -0.4 is 5.32 Å². The van der Waals surface area contributed by atoms with Crippen molar-refractivity contribution in [1.82, 2.24) is 0 Å². The first-order valence-corrected chi connectivity index (χ1v) is 5.35. The summed E-state index contributed by atoms with van der Waals surface area (Å²) in [4.78, 5) is 21.7. The van der Waals surface area contributed by atoms with Gasteiger partial charge in [-0.15, -0.1) is 0 Å². The number of halogens is 1. The van der Waals surface area contributed by atoms with E-state index in [9.17, 15) is 14.9 Å². The van der Waals surface area contributed by atoms with Gasteiger partial charge in [0.25, 0.3) is 5.69 Å². The van der Waals surface area contributed by atoms with Crippen LogP contribution >= 0.6 is 11.6 Å². The van der Waals surface area contributed by atoms with E-state index in [1.54, 1.807) is 20.8 Å². The zero-order chi connectivity index (χ0) is 13.2. The van der Waals surface area contributed by atoms with Gasteiger partial charge in [0.05, 0.1) is 15.6 Å². The van der Waals surface area contributed by atoms with Gasteiger partial charge >= 0.3 is 0 Å². The number of rotatable bonds is 2. The number of nitro groups is 1. The van der Waals surface area contributed by atoms with Crippen LogP contribution in [0.15, 0.2) is 18.2 Å². The Balaban J connectivity index is 2.95. The van der Waals surface area contributed by atoms with E-state index in [1.807, 2.05) is 0 Å². The lowest BCUT2D eigenvalue weighted by molar-refractivity contribution is -0.384. The molecule has 0 aliphatic carbocycles. The lowest BCUT2D eigenvalue weighted by atomic mass is 9.95. The predicted molar refractivity (Wildman–Crippen MR) is 66.2 cm³/mol. The van der Waals surface area contributed by atoms with E-state index in [-0.39, 0.29) is 16.6 Å². The van der Waals surface area contributed by atoms with Gasteiger partial charge in [0.1, 0.15) is 0 Å². The van der Waals surface area contributed by atoms with Gasteiger partial charge in [-0.2, -0.15) is 0 Å². The second kappa shape index (κ2) is 4.71. The number of carbonyl (C=O) groups is 1. The zero-order valence-corrected chi connectivity index (χ0v) is 10.5. The van der Waals surface area contributed by atoms with Gasteiger partial charge in [0.15, 0.2) is 0 Å². The summed E-state index contributed by atoms with van der Waals surface area (Å²) in [5.41, 5.74) is -0.286. The summed E-state index contributed by atoms with van der Waals surface area (Å²) < 4.78 is 0. The molecule has 0 heterocycles. The van der Waals surface area contributed by atoms with Crippen molar-refractivity contribution < 1.29 is 9.72 Å². The first kappa shape index (κ1) is 13.4. The fourth-order valence-electron chi connectivity index (χ4n) is 1.03. The van der Waals surface area contributed by atoms with Gasteiger partial charge in [0.2, 0.25) is 5.91 Å². The number of nitrogens with one attached hydrogen (secondary N) is 1. The van der Waals surface area contributed by atoms with E-state index in [1.165, 1.54) is 18.2 Å². The van der Waals surface area contributed by atoms with Crippen LogP contribution in [0.2, 0.25) is 5.02 Å². The molecule has 0 bridgehead atoms. The number of amides is 1. The molecule has 0 unspecified atom stereocenters. The average molecular weight is 257 g/mol. The third-order valence-corrected chi connectivity index (χ3v) is 2.41. The smallest absolute Gasteiger partial charge is 0.271 e. The van der Waals surface area contributed by atoms with Crippen molar-refractivity contribution in [2.75, 3.05) is 5.32 Å². The minimum Gasteiger partial charge on any atom is -0.324 e. The second-order valence-electron chi connectivity index (χ2n) is 4.63. The Kier molecular flexibility index (Phi) is 3.72. The fourth-order valence-corrected chi connectivity index (χ4v) is 1.25. The van der Waals surface area contributed by atoms with E-state index in [2.05, 4.69) is 5.32 Å². The van der Waals surface area contributed by atoms with Gasteiger partial charge in [-0.05, 0) is 6.07 Å². The molecule has 1 amide bonds. The van der Waals surface area contributed by atoms with Crippen LogP contribution in [-0.4, -0.2) is 10.8 Å². The van der Waals surface area contributed by atoms with Crippen molar-refractivity contribution in [1.29, 1.82) is 0 Å². The summed E-state index contributed by atoms with van der Waals surface area (Å²) in [5.74, 6) is -0.201. The van der Waals surface area contributed by atoms with Crippen LogP contribution in [0.1, 0.15) is 20.8 Å². The highest BCUT2D eigenvalue weighted by atomic mass is 35.5. The van der Waals surface area contributed by atoms with Gasteiger partial charge in [-0.1, -0.05) is 32.4 Å². The Hall–Kier alpha value is -1.62. The topological polar surface area (TPSA) is 72.2 Å². The quantitative estimate of drug-likeness (QED) is 0.652. The van der Waals surface area contributed by atoms with Crippen LogP contribution in [0.3, 0.4) is 0 Å². The van der Waals surface area contributed by atoms with Crippen LogP contribution in [0.4, 0.5) is 11.4 Å². The van der Waals surface area contributed by atoms with Crippen molar-refractivity contribution in [2.45, 2.75) is 20.8 Å². The maximum atomic E-state index is 11.7. The van der Waals surface area contributed by atoms with Crippen LogP contribution in [0.25, 0.3) is 0 Å². The first-order valence-electron chi connectivity index (χ1n) is 4.97. The Bertz CT molecular complexity index is 466. The lowest BCUT2D eigenvalue weighted by Crippen LogP contribution is -2.27. The molecule has 6 heteroatoms. The lowest BCUT2D eigenvalue weighted by Gasteiger charge is -2.18. The molecule has 0 aromatic heterocycles. The van der Waals surface area contributed by atoms with E-state index >= 15 is 0 Å². The summed E-state index contributed by atoms with van der Waals surface area (Å²) >= 11 is 5.85. The number of nitrogens with zero attached hydrogens (tertiary/aromatic N) is 1. The van der Waals surface area contributed by atoms with Gasteiger partial charge in [0, 0.05) is 17.5 Å². The van der Waals surface area contributed by atoms with Gasteiger partial charge in [-0.25, -0.2) is 0 Å². The molecule has 0 aliphatic rings. The van der Waals surface area contributed by atoms with Crippen molar-refractivity contribution in [3.63, 3.8) is 0 Å². The molecule has 0 aliphatic heterocycles. The van der Waals surface area contributed by atoms with E-state index in [0.29, 0.717) is 5.69 Å². The fraction of sp³-hybridized carbons (Fsp3) is 0.364. The molecule has 0 fully saturated rings. The number of non-ortho nitro benzene ring substituents is 1. The molecule has 1 N–H and O–H groups in total. The molecule has 1 rings (SSSR count). The minimum absolute atomic E-state index is 0.108. The number of nitro benzene ring substituents is 1. The number of anilines is 1. The average Bonchev–Trinajstić information content (AvgIpc) is 2.19. The van der Waals surface area contributed by atoms with E-state index < -0.39 is 10.3 Å². The third-order valence-electron chi connectivity index (χ3n) is 2.09. The molecule has 1 aromatic carbocycles. The largest absolute Gasteiger partial charge is 0.324 e. The normalized spacial score (nSPS) is 11.1. The maximum absolute atomic E-state index is 11.7. The van der Waals surface area contributed by atoms with Crippen molar-refractivity contribution in [2.24, 2.45) is 5.41 Å². The second-order valence-corrected chi connectivity index (χ2v) is 5.03. The molecular weight excluding hydrogens is 244 g/mol. The third kappa shape index (κ3) is 3.42. The number of hydrogen-bond acceptors (Lipinski definition) is 3. The number of carbonyl (C=O) groups excluding carboxylic acids is 1. The van der Waals surface area contributed by atoms with Crippen molar-refractivity contribution in [3.05, 3.63) is 33.3 Å². The maximum Gasteiger partial charge on any atom is 0.271 e. The summed E-state index contributed by atoms with van der Waals surface area (Å²) in [5, 5.41) is 13.3. The summed E-state index contributed by atoms with van der Waals surface area (Å²) in [6, 6.07) is 3.92. The molecule has 0 saturated heterocycles. The van der Waals surface area contributed by atoms with Crippen LogP contribution in [-0.2, 0) is 4.79 Å². The number of benzene rings is 1. The molecule has 0 radical (unpaired) electrons. The van der Waals surface area contributed by atoms with Crippen LogP contribution in [0.5, 0.6) is 0 Å². The van der Waals surface area contributed by atoms with Crippen molar-refractivity contribution >= 4 is 28.9 Å². The predicted octanol–water partition coefficient (Wildman–Crippen LogP) is 3.23. The molecule has 0 atom stereocenters. The molecule has 1 aromatic rings. The highest BCUT2D eigenvalue weighted by Gasteiger charge is 2.22. The Labute approximate surface area is 104 Å². The SMILES string of the molecule is CC(C)(C)C(=O)Nc1ccc([N+](=O)[O-])cc1Cl. The zero-order valence-electron chi connectivity index (χ0n) is 9.78. The summed E-state index contributed by atoms with van der Waals surface area (Å²) in [6.45, 7) is 5.30. The first-order chi connectivity index (χ1) is 7.71. The number of hydrogen-bond donors (Lipinski definition) is 1. The molecular formula is C11H13ClN2O3. The molecule has 92 valence electrons.